The van der Waals surface area contributed by atoms with Crippen molar-refractivity contribution in [2.24, 2.45) is 0 Å². The number of unbranched alkanes of at least 4 members (excludes halogenated alkanes) is 1. The first kappa shape index (κ1) is 7.89. The van der Waals surface area contributed by atoms with Gasteiger partial charge in [-0.3, -0.25) is 0 Å². The van der Waals surface area contributed by atoms with Crippen LogP contribution in [0, 0.1) is 0 Å². The zero-order valence-corrected chi connectivity index (χ0v) is 6.28. The summed E-state index contributed by atoms with van der Waals surface area (Å²) in [4.78, 5) is 9.74. The molecule has 0 N–H and O–H groups in total. The standard InChI is InChI=1S/C6H9BrO/c1-6(7)4-2-3-5-8/h5H,1-4H2. The number of halogens is 1. The van der Waals surface area contributed by atoms with Gasteiger partial charge in [0.05, 0.1) is 0 Å². The van der Waals surface area contributed by atoms with Crippen molar-refractivity contribution < 1.29 is 4.79 Å². The topological polar surface area (TPSA) is 17.1 Å². The minimum absolute atomic E-state index is 0.643. The predicted octanol–water partition coefficient (Wildman–Crippen LogP) is 2.26. The Kier molecular flexibility index (Phi) is 4.97. The molecule has 2 heteroatoms. The second-order valence-electron chi connectivity index (χ2n) is 1.58. The molecule has 0 aromatic carbocycles. The molecule has 0 heterocycles. The molecule has 46 valence electrons. The van der Waals surface area contributed by atoms with Crippen molar-refractivity contribution in [3.05, 3.63) is 11.1 Å². The Bertz CT molecular complexity index is 88.5. The fourth-order valence-electron chi connectivity index (χ4n) is 0.377. The van der Waals surface area contributed by atoms with Gasteiger partial charge in [-0.05, 0) is 17.3 Å². The first-order valence-corrected chi connectivity index (χ1v) is 3.33. The smallest absolute Gasteiger partial charge is 0.120 e. The maximum Gasteiger partial charge on any atom is 0.120 e. The molecule has 0 atom stereocenters. The van der Waals surface area contributed by atoms with Crippen LogP contribution >= 0.6 is 15.9 Å². The summed E-state index contributed by atoms with van der Waals surface area (Å²) in [6, 6.07) is 0. The van der Waals surface area contributed by atoms with Crippen molar-refractivity contribution in [3.8, 4) is 0 Å². The Balaban J connectivity index is 2.93. The zero-order valence-electron chi connectivity index (χ0n) is 4.69. The molecule has 0 aliphatic carbocycles. The van der Waals surface area contributed by atoms with Crippen molar-refractivity contribution in [3.63, 3.8) is 0 Å². The maximum absolute atomic E-state index is 9.74. The van der Waals surface area contributed by atoms with Crippen molar-refractivity contribution in [2.45, 2.75) is 19.3 Å². The first-order valence-electron chi connectivity index (χ1n) is 2.54. The average Bonchev–Trinajstić information content (AvgIpc) is 1.66. The van der Waals surface area contributed by atoms with E-state index in [-0.39, 0.29) is 0 Å². The molecule has 0 rings (SSSR count). The van der Waals surface area contributed by atoms with Crippen LogP contribution in [0.3, 0.4) is 0 Å². The molecule has 8 heavy (non-hydrogen) atoms. The highest BCUT2D eigenvalue weighted by molar-refractivity contribution is 9.11. The van der Waals surface area contributed by atoms with Crippen molar-refractivity contribution >= 4 is 22.2 Å². The highest BCUT2D eigenvalue weighted by Crippen LogP contribution is 2.09. The van der Waals surface area contributed by atoms with Crippen LogP contribution in [0.4, 0.5) is 0 Å². The SMILES string of the molecule is C=C(Br)CCCC=O. The second kappa shape index (κ2) is 5.04. The van der Waals surface area contributed by atoms with Gasteiger partial charge in [0.2, 0.25) is 0 Å². The van der Waals surface area contributed by atoms with Gasteiger partial charge in [0.25, 0.3) is 0 Å². The van der Waals surface area contributed by atoms with E-state index in [2.05, 4.69) is 22.5 Å². The highest BCUT2D eigenvalue weighted by Gasteiger charge is 1.86. The summed E-state index contributed by atoms with van der Waals surface area (Å²) in [5.74, 6) is 0. The molecule has 0 fully saturated rings. The number of hydrogen-bond acceptors (Lipinski definition) is 1. The second-order valence-corrected chi connectivity index (χ2v) is 2.70. The van der Waals surface area contributed by atoms with Crippen LogP contribution in [0.15, 0.2) is 11.1 Å². The molecular formula is C6H9BrO. The predicted molar refractivity (Wildman–Crippen MR) is 38.0 cm³/mol. The average molecular weight is 177 g/mol. The van der Waals surface area contributed by atoms with Crippen molar-refractivity contribution in [1.29, 1.82) is 0 Å². The minimum Gasteiger partial charge on any atom is -0.303 e. The van der Waals surface area contributed by atoms with Crippen molar-refractivity contribution in [1.82, 2.24) is 0 Å². The van der Waals surface area contributed by atoms with E-state index in [0.29, 0.717) is 6.42 Å². The molecule has 0 aromatic rings. The van der Waals surface area contributed by atoms with Gasteiger partial charge in [-0.15, -0.1) is 0 Å². The van der Waals surface area contributed by atoms with Crippen LogP contribution < -0.4 is 0 Å². The Morgan fingerprint density at radius 3 is 2.75 bits per heavy atom. The van der Waals surface area contributed by atoms with Crippen LogP contribution in [-0.2, 0) is 4.79 Å². The van der Waals surface area contributed by atoms with E-state index in [0.717, 1.165) is 23.6 Å². The van der Waals surface area contributed by atoms with E-state index in [4.69, 9.17) is 0 Å². The number of hydrogen-bond donors (Lipinski definition) is 0. The van der Waals surface area contributed by atoms with E-state index in [1.54, 1.807) is 0 Å². The Labute approximate surface area is 57.9 Å². The van der Waals surface area contributed by atoms with Crippen LogP contribution in [0.5, 0.6) is 0 Å². The summed E-state index contributed by atoms with van der Waals surface area (Å²) in [6.07, 6.45) is 3.38. The third-order valence-corrected chi connectivity index (χ3v) is 1.17. The van der Waals surface area contributed by atoms with Gasteiger partial charge < -0.3 is 4.79 Å². The fraction of sp³-hybridized carbons (Fsp3) is 0.500. The molecule has 0 bridgehead atoms. The van der Waals surface area contributed by atoms with E-state index in [1.807, 2.05) is 0 Å². The lowest BCUT2D eigenvalue weighted by Crippen LogP contribution is -1.75. The van der Waals surface area contributed by atoms with Gasteiger partial charge >= 0.3 is 0 Å². The summed E-state index contributed by atoms with van der Waals surface area (Å²) in [6.45, 7) is 3.63. The van der Waals surface area contributed by atoms with Crippen LogP contribution in [0.2, 0.25) is 0 Å². The summed E-state index contributed by atoms with van der Waals surface area (Å²) in [5.41, 5.74) is 0. The number of carbonyl (C=O) groups is 1. The number of carbonyl (C=O) groups excluding carboxylic acids is 1. The van der Waals surface area contributed by atoms with E-state index in [9.17, 15) is 4.79 Å². The lowest BCUT2D eigenvalue weighted by Gasteiger charge is -1.89. The molecule has 0 spiro atoms. The first-order chi connectivity index (χ1) is 3.77. The molecular weight excluding hydrogens is 168 g/mol. The van der Waals surface area contributed by atoms with Crippen LogP contribution in [-0.4, -0.2) is 6.29 Å². The van der Waals surface area contributed by atoms with E-state index >= 15 is 0 Å². The molecule has 0 aromatic heterocycles. The molecule has 0 unspecified atom stereocenters. The van der Waals surface area contributed by atoms with Crippen LogP contribution in [0.25, 0.3) is 0 Å². The van der Waals surface area contributed by atoms with Gasteiger partial charge in [0.15, 0.2) is 0 Å². The highest BCUT2D eigenvalue weighted by atomic mass is 79.9. The summed E-state index contributed by atoms with van der Waals surface area (Å²) in [5, 5.41) is 0. The normalized spacial score (nSPS) is 8.62. The number of allylic oxidation sites excluding steroid dienone is 1. The minimum atomic E-state index is 0.643. The van der Waals surface area contributed by atoms with Gasteiger partial charge in [0.1, 0.15) is 6.29 Å². The fourth-order valence-corrected chi connectivity index (χ4v) is 0.658. The molecule has 0 saturated heterocycles. The van der Waals surface area contributed by atoms with E-state index < -0.39 is 0 Å². The third kappa shape index (κ3) is 5.89. The third-order valence-electron chi connectivity index (χ3n) is 0.770. The largest absolute Gasteiger partial charge is 0.303 e. The molecule has 0 amide bonds. The molecule has 0 radical (unpaired) electrons. The lowest BCUT2D eigenvalue weighted by atomic mass is 10.2. The summed E-state index contributed by atoms with van der Waals surface area (Å²) in [7, 11) is 0. The number of rotatable bonds is 4. The summed E-state index contributed by atoms with van der Waals surface area (Å²) >= 11 is 3.19. The number of aldehydes is 1. The summed E-state index contributed by atoms with van der Waals surface area (Å²) < 4.78 is 0.972. The Morgan fingerprint density at radius 1 is 1.75 bits per heavy atom. The monoisotopic (exact) mass is 176 g/mol. The van der Waals surface area contributed by atoms with Gasteiger partial charge in [0, 0.05) is 6.42 Å². The quantitative estimate of drug-likeness (QED) is 0.475. The van der Waals surface area contributed by atoms with Crippen LogP contribution in [0.1, 0.15) is 19.3 Å². The lowest BCUT2D eigenvalue weighted by molar-refractivity contribution is -0.107. The molecule has 0 saturated carbocycles. The van der Waals surface area contributed by atoms with Gasteiger partial charge in [-0.1, -0.05) is 22.5 Å². The van der Waals surface area contributed by atoms with Gasteiger partial charge in [-0.2, -0.15) is 0 Å². The molecule has 0 aliphatic rings. The Morgan fingerprint density at radius 2 is 2.38 bits per heavy atom. The maximum atomic E-state index is 9.74. The van der Waals surface area contributed by atoms with Gasteiger partial charge in [-0.25, -0.2) is 0 Å². The van der Waals surface area contributed by atoms with Crippen molar-refractivity contribution in [2.75, 3.05) is 0 Å². The Hall–Kier alpha value is -0.110. The van der Waals surface area contributed by atoms with E-state index in [1.165, 1.54) is 0 Å². The molecule has 0 aliphatic heterocycles. The zero-order chi connectivity index (χ0) is 6.41. The molecule has 1 nitrogen and oxygen atoms in total.